The monoisotopic (exact) mass is 262 g/mol. The molecular weight excluding hydrogens is 242 g/mol. The van der Waals surface area contributed by atoms with Gasteiger partial charge in [0.25, 0.3) is 5.92 Å². The van der Waals surface area contributed by atoms with Crippen LogP contribution >= 0.6 is 0 Å². The van der Waals surface area contributed by atoms with E-state index < -0.39 is 29.2 Å². The van der Waals surface area contributed by atoms with Crippen molar-refractivity contribution in [3.8, 4) is 0 Å². The molecule has 4 nitrogen and oxygen atoms in total. The number of alkyl halides is 2. The number of halogens is 2. The SMILES string of the molecule is CC(C)(C)OC(=O)N1CCCC1C1(N)CC1(F)F. The second-order valence-electron chi connectivity index (χ2n) is 6.25. The Labute approximate surface area is 105 Å². The summed E-state index contributed by atoms with van der Waals surface area (Å²) < 4.78 is 31.8. The maximum atomic E-state index is 13.3. The summed E-state index contributed by atoms with van der Waals surface area (Å²) in [6, 6.07) is -0.609. The Hall–Kier alpha value is -0.910. The lowest BCUT2D eigenvalue weighted by Gasteiger charge is -2.31. The van der Waals surface area contributed by atoms with E-state index in [1.165, 1.54) is 4.90 Å². The molecule has 0 bridgehead atoms. The number of likely N-dealkylation sites (tertiary alicyclic amines) is 1. The molecule has 1 saturated heterocycles. The minimum Gasteiger partial charge on any atom is -0.444 e. The fraction of sp³-hybridized carbons (Fsp3) is 0.917. The zero-order chi connectivity index (χ0) is 13.8. The van der Waals surface area contributed by atoms with Crippen LogP contribution in [0.25, 0.3) is 0 Å². The molecule has 1 saturated carbocycles. The molecule has 0 aromatic heterocycles. The summed E-state index contributed by atoms with van der Waals surface area (Å²) in [7, 11) is 0. The summed E-state index contributed by atoms with van der Waals surface area (Å²) in [4.78, 5) is 13.3. The number of rotatable bonds is 1. The minimum atomic E-state index is -2.86. The van der Waals surface area contributed by atoms with Crippen LogP contribution in [-0.2, 0) is 4.74 Å². The Morgan fingerprint density at radius 3 is 2.44 bits per heavy atom. The van der Waals surface area contributed by atoms with Crippen molar-refractivity contribution in [2.24, 2.45) is 5.73 Å². The highest BCUT2D eigenvalue weighted by atomic mass is 19.3. The van der Waals surface area contributed by atoms with Gasteiger partial charge in [-0.05, 0) is 33.6 Å². The molecule has 0 aromatic carbocycles. The fourth-order valence-corrected chi connectivity index (χ4v) is 2.53. The van der Waals surface area contributed by atoms with Crippen LogP contribution in [0.2, 0.25) is 0 Å². The van der Waals surface area contributed by atoms with Crippen LogP contribution in [0.4, 0.5) is 13.6 Å². The number of carbonyl (C=O) groups excluding carboxylic acids is 1. The van der Waals surface area contributed by atoms with Crippen molar-refractivity contribution in [3.63, 3.8) is 0 Å². The van der Waals surface area contributed by atoms with Gasteiger partial charge in [0.2, 0.25) is 0 Å². The lowest BCUT2D eigenvalue weighted by atomic mass is 10.0. The Morgan fingerprint density at radius 2 is 2.00 bits per heavy atom. The van der Waals surface area contributed by atoms with Crippen molar-refractivity contribution in [2.75, 3.05) is 6.54 Å². The zero-order valence-electron chi connectivity index (χ0n) is 11.0. The second-order valence-corrected chi connectivity index (χ2v) is 6.25. The van der Waals surface area contributed by atoms with Crippen LogP contribution in [0.1, 0.15) is 40.0 Å². The molecule has 2 atom stereocenters. The Bertz CT molecular complexity index is 368. The van der Waals surface area contributed by atoms with Gasteiger partial charge < -0.3 is 15.4 Å². The summed E-state index contributed by atoms with van der Waals surface area (Å²) in [5.41, 5.74) is 3.54. The molecular formula is C12H20F2N2O2. The molecule has 1 aliphatic carbocycles. The van der Waals surface area contributed by atoms with Gasteiger partial charge in [-0.25, -0.2) is 13.6 Å². The van der Waals surface area contributed by atoms with Crippen LogP contribution in [0.5, 0.6) is 0 Å². The van der Waals surface area contributed by atoms with Gasteiger partial charge >= 0.3 is 6.09 Å². The molecule has 0 spiro atoms. The van der Waals surface area contributed by atoms with E-state index in [0.29, 0.717) is 19.4 Å². The van der Waals surface area contributed by atoms with Crippen molar-refractivity contribution in [1.29, 1.82) is 0 Å². The zero-order valence-corrected chi connectivity index (χ0v) is 11.0. The van der Waals surface area contributed by atoms with E-state index in [-0.39, 0.29) is 6.42 Å². The van der Waals surface area contributed by atoms with Gasteiger partial charge in [0.15, 0.2) is 0 Å². The van der Waals surface area contributed by atoms with Gasteiger partial charge in [-0.2, -0.15) is 0 Å². The summed E-state index contributed by atoms with van der Waals surface area (Å²) in [6.07, 6.45) is 0.325. The van der Waals surface area contributed by atoms with Gasteiger partial charge in [0.05, 0.1) is 6.04 Å². The third kappa shape index (κ3) is 2.18. The van der Waals surface area contributed by atoms with Crippen LogP contribution in [-0.4, -0.2) is 40.6 Å². The van der Waals surface area contributed by atoms with E-state index in [1.807, 2.05) is 0 Å². The number of carbonyl (C=O) groups is 1. The predicted octanol–water partition coefficient (Wildman–Crippen LogP) is 2.12. The Morgan fingerprint density at radius 1 is 1.44 bits per heavy atom. The molecule has 2 fully saturated rings. The molecule has 1 heterocycles. The van der Waals surface area contributed by atoms with E-state index in [9.17, 15) is 13.6 Å². The molecule has 6 heteroatoms. The third-order valence-corrected chi connectivity index (χ3v) is 3.55. The first-order chi connectivity index (χ1) is 8.07. The average molecular weight is 262 g/mol. The summed E-state index contributed by atoms with van der Waals surface area (Å²) in [6.45, 7) is 5.69. The quantitative estimate of drug-likeness (QED) is 0.787. The summed E-state index contributed by atoms with van der Waals surface area (Å²) in [5, 5.41) is 0. The molecule has 104 valence electrons. The number of amides is 1. The summed E-state index contributed by atoms with van der Waals surface area (Å²) >= 11 is 0. The number of hydrogen-bond donors (Lipinski definition) is 1. The van der Waals surface area contributed by atoms with E-state index in [0.717, 1.165) is 0 Å². The summed E-state index contributed by atoms with van der Waals surface area (Å²) in [5.74, 6) is -2.86. The van der Waals surface area contributed by atoms with Crippen LogP contribution < -0.4 is 5.73 Å². The van der Waals surface area contributed by atoms with Crippen LogP contribution in [0, 0.1) is 0 Å². The highest BCUT2D eigenvalue weighted by molar-refractivity contribution is 5.69. The largest absolute Gasteiger partial charge is 0.444 e. The smallest absolute Gasteiger partial charge is 0.410 e. The lowest BCUT2D eigenvalue weighted by Crippen LogP contribution is -2.52. The van der Waals surface area contributed by atoms with Crippen molar-refractivity contribution in [1.82, 2.24) is 4.90 Å². The fourth-order valence-electron chi connectivity index (χ4n) is 2.53. The molecule has 18 heavy (non-hydrogen) atoms. The first-order valence-corrected chi connectivity index (χ1v) is 6.23. The van der Waals surface area contributed by atoms with Crippen molar-refractivity contribution in [2.45, 2.75) is 63.1 Å². The van der Waals surface area contributed by atoms with Gasteiger partial charge in [0.1, 0.15) is 11.1 Å². The molecule has 0 radical (unpaired) electrons. The number of nitrogens with two attached hydrogens (primary N) is 1. The first kappa shape index (κ1) is 13.5. The Balaban J connectivity index is 2.07. The highest BCUT2D eigenvalue weighted by Crippen LogP contribution is 2.55. The van der Waals surface area contributed by atoms with E-state index in [2.05, 4.69) is 0 Å². The maximum absolute atomic E-state index is 13.3. The molecule has 2 N–H and O–H groups in total. The van der Waals surface area contributed by atoms with Crippen molar-refractivity contribution in [3.05, 3.63) is 0 Å². The maximum Gasteiger partial charge on any atom is 0.410 e. The lowest BCUT2D eigenvalue weighted by molar-refractivity contribution is 0.0111. The first-order valence-electron chi connectivity index (χ1n) is 6.23. The van der Waals surface area contributed by atoms with Crippen molar-refractivity contribution < 1.29 is 18.3 Å². The molecule has 0 aromatic rings. The third-order valence-electron chi connectivity index (χ3n) is 3.55. The van der Waals surface area contributed by atoms with Gasteiger partial charge in [-0.15, -0.1) is 0 Å². The standard InChI is InChI=1S/C12H20F2N2O2/c1-10(2,3)18-9(17)16-6-4-5-8(16)11(15)7-12(11,13)14/h8H,4-7,15H2,1-3H3. The second kappa shape index (κ2) is 3.79. The van der Waals surface area contributed by atoms with Gasteiger partial charge in [-0.1, -0.05) is 0 Å². The van der Waals surface area contributed by atoms with Crippen molar-refractivity contribution >= 4 is 6.09 Å². The predicted molar refractivity (Wildman–Crippen MR) is 62.4 cm³/mol. The minimum absolute atomic E-state index is 0.343. The van der Waals surface area contributed by atoms with E-state index >= 15 is 0 Å². The van der Waals surface area contributed by atoms with E-state index in [1.54, 1.807) is 20.8 Å². The van der Waals surface area contributed by atoms with Crippen LogP contribution in [0.3, 0.4) is 0 Å². The highest BCUT2D eigenvalue weighted by Gasteiger charge is 2.74. The number of nitrogens with zero attached hydrogens (tertiary/aromatic N) is 1. The van der Waals surface area contributed by atoms with Gasteiger partial charge in [-0.3, -0.25) is 0 Å². The molecule has 2 rings (SSSR count). The number of hydrogen-bond acceptors (Lipinski definition) is 3. The van der Waals surface area contributed by atoms with Crippen LogP contribution in [0.15, 0.2) is 0 Å². The molecule has 2 aliphatic rings. The molecule has 1 amide bonds. The number of ether oxygens (including phenoxy) is 1. The van der Waals surface area contributed by atoms with E-state index in [4.69, 9.17) is 10.5 Å². The normalized spacial score (nSPS) is 34.6. The average Bonchev–Trinajstić information content (AvgIpc) is 2.62. The molecule has 2 unspecified atom stereocenters. The van der Waals surface area contributed by atoms with Gasteiger partial charge in [0, 0.05) is 13.0 Å². The topological polar surface area (TPSA) is 55.6 Å². The molecule has 1 aliphatic heterocycles. The Kier molecular flexibility index (Phi) is 2.85.